The summed E-state index contributed by atoms with van der Waals surface area (Å²) in [6, 6.07) is 12.2. The number of carbonyl (C=O) groups is 3. The Kier molecular flexibility index (Phi) is 11.0. The quantitative estimate of drug-likeness (QED) is 0.138. The predicted octanol–water partition coefficient (Wildman–Crippen LogP) is 5.46. The fourth-order valence-corrected chi connectivity index (χ4v) is 7.41. The highest BCUT2D eigenvalue weighted by atomic mass is 32.2. The second-order valence-corrected chi connectivity index (χ2v) is 13.0. The number of nitrogens with zero attached hydrogens (tertiary/aromatic N) is 3. The molecular formula is C33H37N5O7S2. The van der Waals surface area contributed by atoms with Gasteiger partial charge in [-0.3, -0.25) is 14.2 Å². The van der Waals surface area contributed by atoms with E-state index in [2.05, 4.69) is 20.8 Å². The molecule has 1 unspecified atom stereocenters. The van der Waals surface area contributed by atoms with E-state index in [-0.39, 0.29) is 25.0 Å². The molecule has 248 valence electrons. The summed E-state index contributed by atoms with van der Waals surface area (Å²) in [5.74, 6) is 0.857. The topological polar surface area (TPSA) is 143 Å². The van der Waals surface area contributed by atoms with Crippen LogP contribution in [0.5, 0.6) is 17.2 Å². The standard InChI is InChI=1S/C33H37N5O7S2/c1-6-45-32(41)28-23-11-7-10-14-26(23)47-31(28)35-29(39)19(2)46-33-37-36-27(38(33)24-12-8-9-13-25(24)44-5)18-34-30(40)20-15-21(42-3)17-22(16-20)43-4/h8-9,12-13,15-17,19H,6-7,10-11,14,18H2,1-5H3,(H,34,40)(H,35,39). The molecule has 0 fully saturated rings. The Bertz CT molecular complexity index is 1750. The maximum Gasteiger partial charge on any atom is 0.341 e. The van der Waals surface area contributed by atoms with E-state index in [1.807, 2.05) is 18.2 Å². The maximum absolute atomic E-state index is 13.6. The first-order chi connectivity index (χ1) is 22.8. The van der Waals surface area contributed by atoms with Crippen molar-refractivity contribution in [3.05, 3.63) is 69.9 Å². The molecule has 2 heterocycles. The van der Waals surface area contributed by atoms with Gasteiger partial charge in [0.25, 0.3) is 5.91 Å². The molecule has 2 N–H and O–H groups in total. The fourth-order valence-electron chi connectivity index (χ4n) is 5.25. The van der Waals surface area contributed by atoms with Crippen LogP contribution in [0.25, 0.3) is 5.69 Å². The highest BCUT2D eigenvalue weighted by Gasteiger charge is 2.29. The number of thioether (sulfide) groups is 1. The summed E-state index contributed by atoms with van der Waals surface area (Å²) in [4.78, 5) is 40.8. The number of esters is 1. The Morgan fingerprint density at radius 3 is 2.43 bits per heavy atom. The Morgan fingerprint density at radius 1 is 1.00 bits per heavy atom. The van der Waals surface area contributed by atoms with Crippen LogP contribution in [0.4, 0.5) is 5.00 Å². The molecule has 0 aliphatic heterocycles. The van der Waals surface area contributed by atoms with Crippen molar-refractivity contribution in [2.75, 3.05) is 33.3 Å². The minimum absolute atomic E-state index is 0.0220. The molecule has 0 saturated carbocycles. The smallest absolute Gasteiger partial charge is 0.341 e. The number of nitrogens with one attached hydrogen (secondary N) is 2. The molecule has 12 nitrogen and oxygen atoms in total. The third kappa shape index (κ3) is 7.54. The summed E-state index contributed by atoms with van der Waals surface area (Å²) in [5, 5.41) is 15.0. The maximum atomic E-state index is 13.6. The van der Waals surface area contributed by atoms with Gasteiger partial charge in [-0.2, -0.15) is 0 Å². The lowest BCUT2D eigenvalue weighted by Crippen LogP contribution is -2.25. The number of carbonyl (C=O) groups excluding carboxylic acids is 3. The van der Waals surface area contributed by atoms with Crippen molar-refractivity contribution < 1.29 is 33.3 Å². The van der Waals surface area contributed by atoms with E-state index in [1.54, 1.807) is 49.8 Å². The van der Waals surface area contributed by atoms with E-state index >= 15 is 0 Å². The van der Waals surface area contributed by atoms with Crippen molar-refractivity contribution in [2.24, 2.45) is 0 Å². The summed E-state index contributed by atoms with van der Waals surface area (Å²) >= 11 is 2.64. The second kappa shape index (κ2) is 15.4. The summed E-state index contributed by atoms with van der Waals surface area (Å²) in [7, 11) is 4.59. The average molecular weight is 680 g/mol. The molecule has 1 aliphatic rings. The molecular weight excluding hydrogens is 643 g/mol. The van der Waals surface area contributed by atoms with Crippen molar-refractivity contribution in [3.63, 3.8) is 0 Å². The van der Waals surface area contributed by atoms with Gasteiger partial charge in [-0.1, -0.05) is 23.9 Å². The summed E-state index contributed by atoms with van der Waals surface area (Å²) < 4.78 is 23.3. The second-order valence-electron chi connectivity index (χ2n) is 10.6. The molecule has 1 atom stereocenters. The lowest BCUT2D eigenvalue weighted by Gasteiger charge is -2.16. The molecule has 0 bridgehead atoms. The van der Waals surface area contributed by atoms with Crippen LogP contribution >= 0.6 is 23.1 Å². The van der Waals surface area contributed by atoms with Crippen LogP contribution in [-0.2, 0) is 28.9 Å². The van der Waals surface area contributed by atoms with Gasteiger partial charge in [-0.25, -0.2) is 4.79 Å². The highest BCUT2D eigenvalue weighted by molar-refractivity contribution is 8.00. The first-order valence-corrected chi connectivity index (χ1v) is 16.9. The molecule has 0 radical (unpaired) electrons. The van der Waals surface area contributed by atoms with Crippen molar-refractivity contribution in [1.82, 2.24) is 20.1 Å². The summed E-state index contributed by atoms with van der Waals surface area (Å²) in [5.41, 5.74) is 2.42. The number of methoxy groups -OCH3 is 3. The van der Waals surface area contributed by atoms with Gasteiger partial charge in [0.05, 0.1) is 51.0 Å². The first kappa shape index (κ1) is 33.8. The number of aryl methyl sites for hydroxylation is 1. The Labute approximate surface area is 281 Å². The number of fused-ring (bicyclic) bond motifs is 1. The third-order valence-electron chi connectivity index (χ3n) is 7.59. The summed E-state index contributed by atoms with van der Waals surface area (Å²) in [6.45, 7) is 3.80. The van der Waals surface area contributed by atoms with Gasteiger partial charge in [0.1, 0.15) is 22.2 Å². The Balaban J connectivity index is 1.39. The van der Waals surface area contributed by atoms with Crippen LogP contribution in [0.2, 0.25) is 0 Å². The molecule has 2 aromatic heterocycles. The van der Waals surface area contributed by atoms with Crippen molar-refractivity contribution >= 4 is 45.9 Å². The molecule has 2 amide bonds. The van der Waals surface area contributed by atoms with E-state index in [9.17, 15) is 14.4 Å². The Morgan fingerprint density at radius 2 is 1.72 bits per heavy atom. The van der Waals surface area contributed by atoms with Gasteiger partial charge in [0.15, 0.2) is 11.0 Å². The number of ether oxygens (including phenoxy) is 4. The van der Waals surface area contributed by atoms with Crippen molar-refractivity contribution in [1.29, 1.82) is 0 Å². The molecule has 47 heavy (non-hydrogen) atoms. The molecule has 1 aliphatic carbocycles. The normalized spacial score (nSPS) is 12.9. The van der Waals surface area contributed by atoms with Crippen LogP contribution in [-0.4, -0.2) is 65.7 Å². The minimum Gasteiger partial charge on any atom is -0.497 e. The molecule has 0 spiro atoms. The van der Waals surface area contributed by atoms with Crippen LogP contribution in [0, 0.1) is 0 Å². The predicted molar refractivity (Wildman–Crippen MR) is 179 cm³/mol. The fraction of sp³-hybridized carbons (Fsp3) is 0.364. The van der Waals surface area contributed by atoms with Gasteiger partial charge >= 0.3 is 5.97 Å². The zero-order valence-electron chi connectivity index (χ0n) is 26.9. The van der Waals surface area contributed by atoms with E-state index < -0.39 is 11.2 Å². The number of thiophene rings is 1. The average Bonchev–Trinajstić information content (AvgIpc) is 3.67. The molecule has 5 rings (SSSR count). The molecule has 2 aromatic carbocycles. The van der Waals surface area contributed by atoms with Crippen molar-refractivity contribution in [2.45, 2.75) is 56.5 Å². The zero-order chi connectivity index (χ0) is 33.5. The van der Waals surface area contributed by atoms with Crippen LogP contribution < -0.4 is 24.8 Å². The largest absolute Gasteiger partial charge is 0.497 e. The number of para-hydroxylation sites is 2. The first-order valence-electron chi connectivity index (χ1n) is 15.2. The van der Waals surface area contributed by atoms with E-state index in [1.165, 1.54) is 37.3 Å². The van der Waals surface area contributed by atoms with Gasteiger partial charge in [0.2, 0.25) is 5.91 Å². The minimum atomic E-state index is -0.631. The van der Waals surface area contributed by atoms with Gasteiger partial charge < -0.3 is 29.6 Å². The van der Waals surface area contributed by atoms with E-state index in [4.69, 9.17) is 18.9 Å². The third-order valence-corrected chi connectivity index (χ3v) is 9.84. The SMILES string of the molecule is CCOC(=O)c1c(NC(=O)C(C)Sc2nnc(CNC(=O)c3cc(OC)cc(OC)c3)n2-c2ccccc2OC)sc2c1CCCC2. The zero-order valence-corrected chi connectivity index (χ0v) is 28.5. The van der Waals surface area contributed by atoms with Crippen molar-refractivity contribution in [3.8, 4) is 22.9 Å². The lowest BCUT2D eigenvalue weighted by molar-refractivity contribution is -0.115. The number of hydrogen-bond donors (Lipinski definition) is 2. The van der Waals surface area contributed by atoms with Gasteiger partial charge in [-0.05, 0) is 69.4 Å². The number of aromatic nitrogens is 3. The monoisotopic (exact) mass is 679 g/mol. The highest BCUT2D eigenvalue weighted by Crippen LogP contribution is 2.39. The van der Waals surface area contributed by atoms with Gasteiger partial charge in [-0.15, -0.1) is 21.5 Å². The number of benzene rings is 2. The van der Waals surface area contributed by atoms with E-state index in [0.717, 1.165) is 36.1 Å². The molecule has 14 heteroatoms. The number of amides is 2. The van der Waals surface area contributed by atoms with Gasteiger partial charge in [0, 0.05) is 16.5 Å². The molecule has 4 aromatic rings. The lowest BCUT2D eigenvalue weighted by atomic mass is 9.95. The molecule has 0 saturated heterocycles. The van der Waals surface area contributed by atoms with E-state index in [0.29, 0.717) is 50.0 Å². The number of rotatable bonds is 13. The number of hydrogen-bond acceptors (Lipinski definition) is 11. The summed E-state index contributed by atoms with van der Waals surface area (Å²) in [6.07, 6.45) is 3.70. The Hall–Kier alpha value is -4.56. The van der Waals surface area contributed by atoms with Crippen LogP contribution in [0.15, 0.2) is 47.6 Å². The van der Waals surface area contributed by atoms with Crippen LogP contribution in [0.1, 0.15) is 63.7 Å². The number of anilines is 1. The van der Waals surface area contributed by atoms with Crippen LogP contribution in [0.3, 0.4) is 0 Å².